The molecule has 2 rings (SSSR count). The van der Waals surface area contributed by atoms with E-state index in [0.717, 1.165) is 0 Å². The van der Waals surface area contributed by atoms with Crippen molar-refractivity contribution in [2.24, 2.45) is 0 Å². The number of hydrogen-bond donors (Lipinski definition) is 0. The van der Waals surface area contributed by atoms with Crippen molar-refractivity contribution in [3.05, 3.63) is 48.2 Å². The molecular formula is C16H16NO4-. The van der Waals surface area contributed by atoms with Gasteiger partial charge in [0.1, 0.15) is 5.60 Å². The number of carboxylic acid groups (broad SMARTS) is 1. The number of hydrogen-bond acceptors (Lipinski definition) is 4. The summed E-state index contributed by atoms with van der Waals surface area (Å²) in [5.41, 5.74) is 0.255. The predicted molar refractivity (Wildman–Crippen MR) is 75.8 cm³/mol. The molecule has 1 heterocycles. The highest BCUT2D eigenvalue weighted by Crippen LogP contribution is 2.25. The number of aromatic carboxylic acids is 1. The van der Waals surface area contributed by atoms with Gasteiger partial charge in [0.25, 0.3) is 0 Å². The van der Waals surface area contributed by atoms with Crippen molar-refractivity contribution < 1.29 is 19.4 Å². The maximum absolute atomic E-state index is 12.2. The van der Waals surface area contributed by atoms with Gasteiger partial charge in [-0.25, -0.2) is 4.79 Å². The minimum atomic E-state index is -1.29. The third-order valence-electron chi connectivity index (χ3n) is 2.76. The lowest BCUT2D eigenvalue weighted by molar-refractivity contribution is -0.254. The number of ether oxygens (including phenoxy) is 1. The lowest BCUT2D eigenvalue weighted by Crippen LogP contribution is -2.27. The maximum atomic E-state index is 12.2. The zero-order valence-electron chi connectivity index (χ0n) is 12.1. The molecule has 1 aromatic heterocycles. The van der Waals surface area contributed by atoms with Crippen molar-refractivity contribution in [2.75, 3.05) is 0 Å². The molecule has 0 amide bonds. The van der Waals surface area contributed by atoms with Crippen molar-refractivity contribution in [1.82, 2.24) is 4.57 Å². The van der Waals surface area contributed by atoms with Crippen LogP contribution in [0, 0.1) is 0 Å². The van der Waals surface area contributed by atoms with Crippen molar-refractivity contribution in [2.45, 2.75) is 26.4 Å². The molecule has 0 radical (unpaired) electrons. The van der Waals surface area contributed by atoms with Gasteiger partial charge >= 0.3 is 6.09 Å². The van der Waals surface area contributed by atoms with Gasteiger partial charge in [-0.05, 0) is 32.9 Å². The first-order chi connectivity index (χ1) is 9.79. The van der Waals surface area contributed by atoms with Crippen LogP contribution in [0.1, 0.15) is 31.1 Å². The standard InChI is InChI=1S/C16H17NO4/c1-16(2,3)21-15(20)17-10-6-9-13(17)11-7-4-5-8-12(11)14(18)19/h4-10H,1-3H3,(H,18,19)/p-1. The van der Waals surface area contributed by atoms with Gasteiger partial charge in [0.05, 0.1) is 11.7 Å². The Morgan fingerprint density at radius 2 is 1.76 bits per heavy atom. The van der Waals surface area contributed by atoms with E-state index in [1.165, 1.54) is 16.8 Å². The summed E-state index contributed by atoms with van der Waals surface area (Å²) >= 11 is 0. The van der Waals surface area contributed by atoms with Crippen LogP contribution in [-0.2, 0) is 4.74 Å². The highest BCUT2D eigenvalue weighted by atomic mass is 16.6. The van der Waals surface area contributed by atoms with E-state index in [1.54, 1.807) is 51.1 Å². The molecule has 21 heavy (non-hydrogen) atoms. The molecule has 2 aromatic rings. The number of benzene rings is 1. The third kappa shape index (κ3) is 3.31. The van der Waals surface area contributed by atoms with Crippen LogP contribution in [0.4, 0.5) is 4.79 Å². The molecule has 0 saturated carbocycles. The van der Waals surface area contributed by atoms with Crippen LogP contribution >= 0.6 is 0 Å². The summed E-state index contributed by atoms with van der Waals surface area (Å²) in [5, 5.41) is 11.2. The SMILES string of the molecule is CC(C)(C)OC(=O)n1cccc1-c1ccccc1C(=O)[O-]. The number of aromatic nitrogens is 1. The van der Waals surface area contributed by atoms with Gasteiger partial charge in [-0.3, -0.25) is 4.57 Å². The molecule has 110 valence electrons. The van der Waals surface area contributed by atoms with Crippen LogP contribution in [0.15, 0.2) is 42.6 Å². The Morgan fingerprint density at radius 3 is 2.38 bits per heavy atom. The van der Waals surface area contributed by atoms with E-state index < -0.39 is 17.7 Å². The van der Waals surface area contributed by atoms with Gasteiger partial charge in [-0.15, -0.1) is 0 Å². The smallest absolute Gasteiger partial charge is 0.418 e. The average Bonchev–Trinajstić information content (AvgIpc) is 2.85. The first-order valence-corrected chi connectivity index (χ1v) is 6.51. The van der Waals surface area contributed by atoms with E-state index in [2.05, 4.69) is 0 Å². The van der Waals surface area contributed by atoms with Crippen molar-refractivity contribution in [3.8, 4) is 11.3 Å². The van der Waals surface area contributed by atoms with Crippen LogP contribution in [0.25, 0.3) is 11.3 Å². The van der Waals surface area contributed by atoms with Crippen LogP contribution < -0.4 is 5.11 Å². The Kier molecular flexibility index (Phi) is 3.84. The highest BCUT2D eigenvalue weighted by molar-refractivity contribution is 5.95. The summed E-state index contributed by atoms with van der Waals surface area (Å²) < 4.78 is 6.59. The normalized spacial score (nSPS) is 11.2. The summed E-state index contributed by atoms with van der Waals surface area (Å²) in [5.74, 6) is -1.29. The summed E-state index contributed by atoms with van der Waals surface area (Å²) in [6.45, 7) is 5.30. The Labute approximate surface area is 122 Å². The van der Waals surface area contributed by atoms with E-state index in [9.17, 15) is 14.7 Å². The summed E-state index contributed by atoms with van der Waals surface area (Å²) in [6, 6.07) is 9.69. The fourth-order valence-electron chi connectivity index (χ4n) is 1.96. The second-order valence-electron chi connectivity index (χ2n) is 5.58. The van der Waals surface area contributed by atoms with Gasteiger partial charge in [0.2, 0.25) is 0 Å². The monoisotopic (exact) mass is 286 g/mol. The van der Waals surface area contributed by atoms with E-state index in [0.29, 0.717) is 11.3 Å². The van der Waals surface area contributed by atoms with Crippen molar-refractivity contribution >= 4 is 12.1 Å². The maximum Gasteiger partial charge on any atom is 0.418 e. The largest absolute Gasteiger partial charge is 0.545 e. The minimum absolute atomic E-state index is 0.0287. The fourth-order valence-corrected chi connectivity index (χ4v) is 1.96. The van der Waals surface area contributed by atoms with E-state index in [-0.39, 0.29) is 5.56 Å². The van der Waals surface area contributed by atoms with Crippen molar-refractivity contribution in [1.29, 1.82) is 0 Å². The van der Waals surface area contributed by atoms with Gasteiger partial charge in [-0.2, -0.15) is 0 Å². The molecule has 0 aliphatic rings. The van der Waals surface area contributed by atoms with Gasteiger partial charge in [-0.1, -0.05) is 24.3 Å². The summed E-state index contributed by atoms with van der Waals surface area (Å²) in [4.78, 5) is 23.4. The first kappa shape index (κ1) is 14.8. The van der Waals surface area contributed by atoms with E-state index >= 15 is 0 Å². The lowest BCUT2D eigenvalue weighted by Gasteiger charge is -2.21. The third-order valence-corrected chi connectivity index (χ3v) is 2.76. The molecule has 0 saturated heterocycles. The molecule has 0 spiro atoms. The van der Waals surface area contributed by atoms with Gasteiger partial charge in [0, 0.05) is 17.3 Å². The van der Waals surface area contributed by atoms with Crippen LogP contribution in [0.5, 0.6) is 0 Å². The number of carbonyl (C=O) groups is 2. The fraction of sp³-hybridized carbons (Fsp3) is 0.250. The summed E-state index contributed by atoms with van der Waals surface area (Å²) in [6.07, 6.45) is 0.978. The summed E-state index contributed by atoms with van der Waals surface area (Å²) in [7, 11) is 0. The topological polar surface area (TPSA) is 71.4 Å². The second-order valence-corrected chi connectivity index (χ2v) is 5.58. The van der Waals surface area contributed by atoms with Gasteiger partial charge in [0.15, 0.2) is 0 Å². The molecule has 0 bridgehead atoms. The average molecular weight is 286 g/mol. The lowest BCUT2D eigenvalue weighted by atomic mass is 10.0. The molecule has 0 aliphatic carbocycles. The minimum Gasteiger partial charge on any atom is -0.545 e. The molecule has 0 unspecified atom stereocenters. The zero-order valence-corrected chi connectivity index (χ0v) is 12.1. The van der Waals surface area contributed by atoms with E-state index in [1.807, 2.05) is 0 Å². The number of carboxylic acids is 1. The molecule has 0 aliphatic heterocycles. The Morgan fingerprint density at radius 1 is 1.10 bits per heavy atom. The van der Waals surface area contributed by atoms with E-state index in [4.69, 9.17) is 4.74 Å². The molecule has 0 N–H and O–H groups in total. The van der Waals surface area contributed by atoms with Crippen LogP contribution in [0.3, 0.4) is 0 Å². The first-order valence-electron chi connectivity index (χ1n) is 6.51. The Hall–Kier alpha value is -2.56. The number of carbonyl (C=O) groups excluding carboxylic acids is 2. The van der Waals surface area contributed by atoms with Crippen LogP contribution in [0.2, 0.25) is 0 Å². The number of nitrogens with zero attached hydrogens (tertiary/aromatic N) is 1. The van der Waals surface area contributed by atoms with Crippen LogP contribution in [-0.4, -0.2) is 22.2 Å². The predicted octanol–water partition coefficient (Wildman–Crippen LogP) is 2.30. The van der Waals surface area contributed by atoms with Gasteiger partial charge < -0.3 is 14.6 Å². The number of rotatable bonds is 2. The quantitative estimate of drug-likeness (QED) is 0.849. The second kappa shape index (κ2) is 5.44. The molecular weight excluding hydrogens is 270 g/mol. The zero-order chi connectivity index (χ0) is 15.6. The Bertz CT molecular complexity index is 680. The Balaban J connectivity index is 2.47. The molecule has 0 fully saturated rings. The molecule has 1 aromatic carbocycles. The highest BCUT2D eigenvalue weighted by Gasteiger charge is 2.20. The van der Waals surface area contributed by atoms with Crippen molar-refractivity contribution in [3.63, 3.8) is 0 Å². The molecule has 0 atom stereocenters. The molecule has 5 nitrogen and oxygen atoms in total. The molecule has 5 heteroatoms.